The van der Waals surface area contributed by atoms with Crippen molar-refractivity contribution in [2.24, 2.45) is 0 Å². The summed E-state index contributed by atoms with van der Waals surface area (Å²) in [7, 11) is 0. The van der Waals surface area contributed by atoms with E-state index in [1.807, 2.05) is 30.3 Å². The van der Waals surface area contributed by atoms with E-state index in [9.17, 15) is 23.3 Å². The predicted molar refractivity (Wildman–Crippen MR) is 152 cm³/mol. The summed E-state index contributed by atoms with van der Waals surface area (Å²) in [5.74, 6) is 0.503. The largest absolute Gasteiger partial charge is 0.490 e. The molecule has 0 amide bonds. The molecule has 1 atom stereocenters. The number of aromatic nitrogens is 2. The second kappa shape index (κ2) is 11.6. The molecule has 0 aliphatic carbocycles. The molecule has 0 saturated carbocycles. The molecule has 13 heteroatoms. The van der Waals surface area contributed by atoms with Gasteiger partial charge in [-0.1, -0.05) is 12.1 Å². The number of piperazine rings is 1. The highest BCUT2D eigenvalue weighted by molar-refractivity contribution is 7.15. The summed E-state index contributed by atoms with van der Waals surface area (Å²) < 4.78 is 51.9. The normalized spacial score (nSPS) is 17.5. The average molecular weight is 600 g/mol. The lowest BCUT2D eigenvalue weighted by Crippen LogP contribution is -2.45. The molecule has 9 nitrogen and oxygen atoms in total. The zero-order valence-electron chi connectivity index (χ0n) is 22.5. The van der Waals surface area contributed by atoms with Crippen molar-refractivity contribution >= 4 is 22.8 Å². The third kappa shape index (κ3) is 6.36. The van der Waals surface area contributed by atoms with Crippen LogP contribution in [0.25, 0.3) is 10.4 Å². The molecule has 2 aliphatic rings. The Kier molecular flexibility index (Phi) is 7.78. The highest BCUT2D eigenvalue weighted by Gasteiger charge is 2.30. The van der Waals surface area contributed by atoms with Crippen molar-refractivity contribution in [1.82, 2.24) is 14.5 Å². The summed E-state index contributed by atoms with van der Waals surface area (Å²) in [5.41, 5.74) is 1.27. The molecule has 42 heavy (non-hydrogen) atoms. The molecular formula is C29H28F3N5O4S. The summed E-state index contributed by atoms with van der Waals surface area (Å²) in [6.45, 7) is 5.28. The number of aryl methyl sites for hydroxylation is 1. The van der Waals surface area contributed by atoms with Crippen molar-refractivity contribution < 1.29 is 27.6 Å². The van der Waals surface area contributed by atoms with Crippen molar-refractivity contribution in [1.29, 1.82) is 0 Å². The number of thiophene rings is 1. The zero-order valence-corrected chi connectivity index (χ0v) is 23.3. The van der Waals surface area contributed by atoms with Crippen LogP contribution < -0.4 is 14.4 Å². The minimum atomic E-state index is -4.33. The van der Waals surface area contributed by atoms with Crippen molar-refractivity contribution in [3.8, 4) is 22.2 Å². The van der Waals surface area contributed by atoms with Crippen molar-refractivity contribution in [2.45, 2.75) is 31.8 Å². The van der Waals surface area contributed by atoms with Crippen molar-refractivity contribution in [2.75, 3.05) is 37.7 Å². The van der Waals surface area contributed by atoms with Crippen LogP contribution in [0.15, 0.2) is 66.9 Å². The van der Waals surface area contributed by atoms with Crippen LogP contribution >= 0.6 is 11.3 Å². The molecule has 0 N–H and O–H groups in total. The second-order valence-corrected chi connectivity index (χ2v) is 11.4. The number of nitrogens with zero attached hydrogens (tertiary/aromatic N) is 5. The number of rotatable bonds is 8. The fraction of sp³-hybridized carbons (Fsp3) is 0.345. The molecular weight excluding hydrogens is 571 g/mol. The third-order valence-electron chi connectivity index (χ3n) is 7.43. The SMILES string of the molecule is O=[N+]([O-])c1cn2c(n1)OC(COc1ccc(N3CCN(Cc4ccc(-c5ccc(C(F)(F)F)cc5)s4)CC3)cc1)CC2. The van der Waals surface area contributed by atoms with Gasteiger partial charge in [-0.05, 0) is 59.0 Å². The Balaban J connectivity index is 0.959. The van der Waals surface area contributed by atoms with E-state index in [0.29, 0.717) is 19.6 Å². The molecule has 0 spiro atoms. The summed E-state index contributed by atoms with van der Waals surface area (Å²) in [6.07, 6.45) is -2.51. The van der Waals surface area contributed by atoms with Crippen LogP contribution in [0.4, 0.5) is 24.7 Å². The van der Waals surface area contributed by atoms with Gasteiger partial charge in [-0.25, -0.2) is 0 Å². The summed E-state index contributed by atoms with van der Waals surface area (Å²) in [4.78, 5) is 21.2. The van der Waals surface area contributed by atoms with E-state index in [2.05, 4.69) is 20.9 Å². The van der Waals surface area contributed by atoms with Crippen LogP contribution in [0.2, 0.25) is 0 Å². The van der Waals surface area contributed by atoms with E-state index in [-0.39, 0.29) is 17.9 Å². The van der Waals surface area contributed by atoms with Crippen LogP contribution in [-0.4, -0.2) is 58.3 Å². The van der Waals surface area contributed by atoms with Gasteiger partial charge in [0.05, 0.1) is 5.56 Å². The monoisotopic (exact) mass is 599 g/mol. The molecule has 220 valence electrons. The standard InChI is InChI=1S/C29H28F3N5O4S/c30-29(31,32)21-3-1-20(2-4-21)26-10-9-25(42-26)17-34-13-15-35(16-14-34)22-5-7-23(8-6-22)40-19-24-11-12-36-18-27(37(38)39)33-28(36)41-24/h1-10,18,24H,11-17,19H2. The first-order valence-corrected chi connectivity index (χ1v) is 14.4. The lowest BCUT2D eigenvalue weighted by molar-refractivity contribution is -0.389. The number of alkyl halides is 3. The van der Waals surface area contributed by atoms with Crippen molar-refractivity contribution in [3.05, 3.63) is 87.4 Å². The lowest BCUT2D eigenvalue weighted by atomic mass is 10.1. The molecule has 0 radical (unpaired) electrons. The summed E-state index contributed by atoms with van der Waals surface area (Å²) in [5, 5.41) is 10.9. The van der Waals surface area contributed by atoms with E-state index in [0.717, 1.165) is 66.7 Å². The Labute approximate surface area is 243 Å². The molecule has 2 aromatic carbocycles. The molecule has 1 saturated heterocycles. The predicted octanol–water partition coefficient (Wildman–Crippen LogP) is 6.09. The van der Waals surface area contributed by atoms with Crippen LogP contribution in [0.5, 0.6) is 11.8 Å². The first-order chi connectivity index (χ1) is 20.2. The van der Waals surface area contributed by atoms with E-state index in [1.165, 1.54) is 23.2 Å². The van der Waals surface area contributed by atoms with E-state index < -0.39 is 16.7 Å². The molecule has 6 rings (SSSR count). The van der Waals surface area contributed by atoms with E-state index in [1.54, 1.807) is 15.9 Å². The first-order valence-electron chi connectivity index (χ1n) is 13.6. The van der Waals surface area contributed by atoms with Gasteiger partial charge in [0.25, 0.3) is 0 Å². The number of imidazole rings is 1. The summed E-state index contributed by atoms with van der Waals surface area (Å²) in [6, 6.07) is 17.5. The number of benzene rings is 2. The Bertz CT molecular complexity index is 1530. The molecule has 4 aromatic rings. The van der Waals surface area contributed by atoms with Gasteiger partial charge in [0.15, 0.2) is 0 Å². The molecule has 2 aromatic heterocycles. The molecule has 0 bridgehead atoms. The van der Waals surface area contributed by atoms with Gasteiger partial charge in [-0.15, -0.1) is 11.3 Å². The number of fused-ring (bicyclic) bond motifs is 1. The number of ether oxygens (including phenoxy) is 2. The van der Waals surface area contributed by atoms with Gasteiger partial charge >= 0.3 is 18.0 Å². The number of nitro groups is 1. The Morgan fingerprint density at radius 1 is 1.00 bits per heavy atom. The van der Waals surface area contributed by atoms with Gasteiger partial charge in [0.2, 0.25) is 0 Å². The van der Waals surface area contributed by atoms with E-state index in [4.69, 9.17) is 9.47 Å². The maximum absolute atomic E-state index is 12.9. The highest BCUT2D eigenvalue weighted by atomic mass is 32.1. The molecule has 4 heterocycles. The quantitative estimate of drug-likeness (QED) is 0.179. The molecule has 1 unspecified atom stereocenters. The summed E-state index contributed by atoms with van der Waals surface area (Å²) >= 11 is 1.61. The number of hydrogen-bond donors (Lipinski definition) is 0. The van der Waals surface area contributed by atoms with Crippen LogP contribution in [-0.2, 0) is 19.3 Å². The fourth-order valence-corrected chi connectivity index (χ4v) is 6.16. The first kappa shape index (κ1) is 28.0. The van der Waals surface area contributed by atoms with Gasteiger partial charge in [0, 0.05) is 66.1 Å². The van der Waals surface area contributed by atoms with Gasteiger partial charge in [-0.3, -0.25) is 9.47 Å². The third-order valence-corrected chi connectivity index (χ3v) is 8.55. The zero-order chi connectivity index (χ0) is 29.3. The van der Waals surface area contributed by atoms with Gasteiger partial charge in [-0.2, -0.15) is 13.2 Å². The minimum absolute atomic E-state index is 0.222. The highest BCUT2D eigenvalue weighted by Crippen LogP contribution is 2.34. The number of hydrogen-bond acceptors (Lipinski definition) is 8. The Morgan fingerprint density at radius 2 is 1.74 bits per heavy atom. The van der Waals surface area contributed by atoms with E-state index >= 15 is 0 Å². The van der Waals surface area contributed by atoms with Crippen LogP contribution in [0.3, 0.4) is 0 Å². The fourth-order valence-electron chi connectivity index (χ4n) is 5.10. The second-order valence-electron chi connectivity index (χ2n) is 10.3. The number of anilines is 1. The smallest absolute Gasteiger partial charge is 0.416 e. The van der Waals surface area contributed by atoms with Crippen LogP contribution in [0, 0.1) is 10.1 Å². The minimum Gasteiger partial charge on any atom is -0.490 e. The van der Waals surface area contributed by atoms with Crippen molar-refractivity contribution in [3.63, 3.8) is 0 Å². The maximum Gasteiger partial charge on any atom is 0.416 e. The molecule has 1 fully saturated rings. The topological polar surface area (TPSA) is 85.9 Å². The molecule has 2 aliphatic heterocycles. The van der Waals surface area contributed by atoms with Gasteiger partial charge in [0.1, 0.15) is 24.7 Å². The number of halogens is 3. The van der Waals surface area contributed by atoms with Gasteiger partial charge < -0.3 is 24.5 Å². The Hall–Kier alpha value is -4.10. The lowest BCUT2D eigenvalue weighted by Gasteiger charge is -2.36. The Morgan fingerprint density at radius 3 is 2.43 bits per heavy atom. The maximum atomic E-state index is 12.9. The van der Waals surface area contributed by atoms with Crippen LogP contribution in [0.1, 0.15) is 16.9 Å². The average Bonchev–Trinajstić information content (AvgIpc) is 3.64.